The molecular weight excluding hydrogens is 229 g/mol. The standard InChI is InChI=1S/C15H24FNO/c1-3-4-5-6-10-17-11-12-18-14-9-7-8-13(2)15(14)16/h7-9,17H,3-6,10-12H2,1-2H3. The third kappa shape index (κ3) is 5.50. The molecule has 1 rings (SSSR count). The van der Waals surface area contributed by atoms with Crippen LogP contribution in [0.15, 0.2) is 18.2 Å². The Kier molecular flexibility index (Phi) is 7.42. The van der Waals surface area contributed by atoms with Gasteiger partial charge in [0.1, 0.15) is 6.61 Å². The highest BCUT2D eigenvalue weighted by molar-refractivity contribution is 5.29. The van der Waals surface area contributed by atoms with Gasteiger partial charge in [0.15, 0.2) is 11.6 Å². The topological polar surface area (TPSA) is 21.3 Å². The monoisotopic (exact) mass is 253 g/mol. The quantitative estimate of drug-likeness (QED) is 0.678. The molecule has 0 heterocycles. The maximum Gasteiger partial charge on any atom is 0.167 e. The van der Waals surface area contributed by atoms with E-state index in [1.807, 2.05) is 6.07 Å². The molecule has 18 heavy (non-hydrogen) atoms. The first-order valence-corrected chi connectivity index (χ1v) is 6.84. The van der Waals surface area contributed by atoms with Crippen LogP contribution in [0.3, 0.4) is 0 Å². The summed E-state index contributed by atoms with van der Waals surface area (Å²) in [5.74, 6) is 0.100. The highest BCUT2D eigenvalue weighted by Gasteiger charge is 2.04. The fourth-order valence-corrected chi connectivity index (χ4v) is 1.77. The molecule has 1 aromatic carbocycles. The normalized spacial score (nSPS) is 10.6. The van der Waals surface area contributed by atoms with Crippen molar-refractivity contribution in [1.29, 1.82) is 0 Å². The van der Waals surface area contributed by atoms with Crippen LogP contribution in [-0.2, 0) is 0 Å². The van der Waals surface area contributed by atoms with Crippen molar-refractivity contribution in [1.82, 2.24) is 5.32 Å². The van der Waals surface area contributed by atoms with E-state index in [2.05, 4.69) is 12.2 Å². The molecule has 1 aromatic rings. The number of benzene rings is 1. The molecule has 1 N–H and O–H groups in total. The molecule has 0 aliphatic heterocycles. The average Bonchev–Trinajstić information content (AvgIpc) is 2.37. The molecule has 102 valence electrons. The zero-order valence-electron chi connectivity index (χ0n) is 11.5. The smallest absolute Gasteiger partial charge is 0.167 e. The molecule has 0 saturated heterocycles. The lowest BCUT2D eigenvalue weighted by molar-refractivity contribution is 0.298. The molecule has 0 atom stereocenters. The summed E-state index contributed by atoms with van der Waals surface area (Å²) < 4.78 is 19.0. The second-order valence-electron chi connectivity index (χ2n) is 4.55. The van der Waals surface area contributed by atoms with Crippen molar-refractivity contribution in [3.63, 3.8) is 0 Å². The van der Waals surface area contributed by atoms with Gasteiger partial charge in [-0.3, -0.25) is 0 Å². The van der Waals surface area contributed by atoms with Crippen molar-refractivity contribution in [3.05, 3.63) is 29.6 Å². The Bertz CT molecular complexity index is 341. The van der Waals surface area contributed by atoms with Crippen LogP contribution < -0.4 is 10.1 Å². The van der Waals surface area contributed by atoms with Crippen molar-refractivity contribution >= 4 is 0 Å². The molecule has 0 amide bonds. The van der Waals surface area contributed by atoms with Gasteiger partial charge in [0.2, 0.25) is 0 Å². The summed E-state index contributed by atoms with van der Waals surface area (Å²) in [6.07, 6.45) is 5.03. The van der Waals surface area contributed by atoms with Crippen molar-refractivity contribution in [2.75, 3.05) is 19.7 Å². The summed E-state index contributed by atoms with van der Waals surface area (Å²) in [5, 5.41) is 3.30. The number of hydrogen-bond donors (Lipinski definition) is 1. The Hall–Kier alpha value is -1.09. The van der Waals surface area contributed by atoms with Gasteiger partial charge in [-0.05, 0) is 31.5 Å². The molecule has 2 nitrogen and oxygen atoms in total. The van der Waals surface area contributed by atoms with Gasteiger partial charge in [0.25, 0.3) is 0 Å². The van der Waals surface area contributed by atoms with Crippen molar-refractivity contribution in [2.24, 2.45) is 0 Å². The van der Waals surface area contributed by atoms with E-state index in [0.717, 1.165) is 13.1 Å². The number of rotatable bonds is 9. The van der Waals surface area contributed by atoms with Crippen LogP contribution in [-0.4, -0.2) is 19.7 Å². The molecular formula is C15H24FNO. The number of ether oxygens (including phenoxy) is 1. The van der Waals surface area contributed by atoms with Gasteiger partial charge in [-0.1, -0.05) is 38.3 Å². The van der Waals surface area contributed by atoms with Crippen molar-refractivity contribution in [3.8, 4) is 5.75 Å². The first kappa shape index (κ1) is 15.0. The van der Waals surface area contributed by atoms with Gasteiger partial charge in [-0.25, -0.2) is 4.39 Å². The van der Waals surface area contributed by atoms with Crippen molar-refractivity contribution in [2.45, 2.75) is 39.5 Å². The van der Waals surface area contributed by atoms with Gasteiger partial charge in [0, 0.05) is 6.54 Å². The molecule has 0 spiro atoms. The minimum Gasteiger partial charge on any atom is -0.489 e. The third-order valence-electron chi connectivity index (χ3n) is 2.90. The maximum atomic E-state index is 13.6. The summed E-state index contributed by atoms with van der Waals surface area (Å²) in [7, 11) is 0. The Labute approximate surface area is 110 Å². The number of halogens is 1. The SMILES string of the molecule is CCCCCCNCCOc1cccc(C)c1F. The average molecular weight is 253 g/mol. The molecule has 3 heteroatoms. The summed E-state index contributed by atoms with van der Waals surface area (Å²) in [5.41, 5.74) is 0.625. The molecule has 0 aromatic heterocycles. The van der Waals surface area contributed by atoms with E-state index in [-0.39, 0.29) is 5.82 Å². The van der Waals surface area contributed by atoms with Crippen molar-refractivity contribution < 1.29 is 9.13 Å². The lowest BCUT2D eigenvalue weighted by Crippen LogP contribution is -2.22. The molecule has 0 aliphatic carbocycles. The Morgan fingerprint density at radius 1 is 1.17 bits per heavy atom. The molecule has 0 fully saturated rings. The largest absolute Gasteiger partial charge is 0.489 e. The second-order valence-corrected chi connectivity index (χ2v) is 4.55. The Morgan fingerprint density at radius 2 is 2.00 bits per heavy atom. The van der Waals surface area contributed by atoms with E-state index >= 15 is 0 Å². The summed E-state index contributed by atoms with van der Waals surface area (Å²) in [6, 6.07) is 5.23. The van der Waals surface area contributed by atoms with Crippen LogP contribution in [0.4, 0.5) is 4.39 Å². The van der Waals surface area contributed by atoms with E-state index in [1.54, 1.807) is 19.1 Å². The Morgan fingerprint density at radius 3 is 2.78 bits per heavy atom. The van der Waals surface area contributed by atoms with Gasteiger partial charge in [0.05, 0.1) is 0 Å². The third-order valence-corrected chi connectivity index (χ3v) is 2.90. The molecule has 0 bridgehead atoms. The first-order chi connectivity index (χ1) is 8.75. The number of unbranched alkanes of at least 4 members (excludes halogenated alkanes) is 3. The van der Waals surface area contributed by atoms with Gasteiger partial charge in [-0.15, -0.1) is 0 Å². The summed E-state index contributed by atoms with van der Waals surface area (Å²) >= 11 is 0. The van der Waals surface area contributed by atoms with Crippen LogP contribution in [0.1, 0.15) is 38.2 Å². The van der Waals surface area contributed by atoms with Gasteiger partial charge < -0.3 is 10.1 Å². The fourth-order valence-electron chi connectivity index (χ4n) is 1.77. The van der Waals surface area contributed by atoms with Crippen LogP contribution >= 0.6 is 0 Å². The van der Waals surface area contributed by atoms with Gasteiger partial charge >= 0.3 is 0 Å². The van der Waals surface area contributed by atoms with Crippen LogP contribution in [0.2, 0.25) is 0 Å². The predicted molar refractivity (Wildman–Crippen MR) is 73.6 cm³/mol. The zero-order chi connectivity index (χ0) is 13.2. The summed E-state index contributed by atoms with van der Waals surface area (Å²) in [6.45, 7) is 6.24. The van der Waals surface area contributed by atoms with Crippen LogP contribution in [0.25, 0.3) is 0 Å². The molecule has 0 saturated carbocycles. The molecule has 0 unspecified atom stereocenters. The van der Waals surface area contributed by atoms with E-state index in [4.69, 9.17) is 4.74 Å². The van der Waals surface area contributed by atoms with Crippen LogP contribution in [0, 0.1) is 12.7 Å². The van der Waals surface area contributed by atoms with E-state index in [9.17, 15) is 4.39 Å². The molecule has 0 radical (unpaired) electrons. The predicted octanol–water partition coefficient (Wildman–Crippen LogP) is 3.68. The number of hydrogen-bond acceptors (Lipinski definition) is 2. The maximum absolute atomic E-state index is 13.6. The van der Waals surface area contributed by atoms with E-state index in [1.165, 1.54) is 25.7 Å². The first-order valence-electron chi connectivity index (χ1n) is 6.84. The number of aryl methyl sites for hydroxylation is 1. The zero-order valence-corrected chi connectivity index (χ0v) is 11.5. The highest BCUT2D eigenvalue weighted by atomic mass is 19.1. The summed E-state index contributed by atoms with van der Waals surface area (Å²) in [4.78, 5) is 0. The lowest BCUT2D eigenvalue weighted by Gasteiger charge is -2.09. The minimum atomic E-state index is -0.250. The number of nitrogens with one attached hydrogen (secondary N) is 1. The highest BCUT2D eigenvalue weighted by Crippen LogP contribution is 2.19. The van der Waals surface area contributed by atoms with E-state index < -0.39 is 0 Å². The fraction of sp³-hybridized carbons (Fsp3) is 0.600. The lowest BCUT2D eigenvalue weighted by atomic mass is 10.2. The van der Waals surface area contributed by atoms with E-state index in [0.29, 0.717) is 17.9 Å². The molecule has 0 aliphatic rings. The van der Waals surface area contributed by atoms with Gasteiger partial charge in [-0.2, -0.15) is 0 Å². The Balaban J connectivity index is 2.09. The van der Waals surface area contributed by atoms with Crippen LogP contribution in [0.5, 0.6) is 5.75 Å². The minimum absolute atomic E-state index is 0.250. The second kappa shape index (κ2) is 8.92.